The Morgan fingerprint density at radius 1 is 0.786 bits per heavy atom. The zero-order chi connectivity index (χ0) is 19.7. The van der Waals surface area contributed by atoms with Gasteiger partial charge in [0.2, 0.25) is 0 Å². The van der Waals surface area contributed by atoms with Crippen molar-refractivity contribution in [3.8, 4) is 0 Å². The Morgan fingerprint density at radius 2 is 1.29 bits per heavy atom. The number of aromatic nitrogens is 1. The number of aliphatic hydroxyl groups is 1. The molecular formula is C21H24F3N3O. The Bertz CT molecular complexity index is 892. The molecule has 1 saturated heterocycles. The van der Waals surface area contributed by atoms with Crippen molar-refractivity contribution >= 4 is 21.8 Å². The van der Waals surface area contributed by atoms with E-state index in [0.29, 0.717) is 39.3 Å². The van der Waals surface area contributed by atoms with Gasteiger partial charge >= 0.3 is 6.18 Å². The van der Waals surface area contributed by atoms with Crippen LogP contribution in [-0.4, -0.2) is 71.0 Å². The molecule has 2 heterocycles. The fourth-order valence-electron chi connectivity index (χ4n) is 4.15. The number of β-amino-alcohol motifs (C(OH)–C–C–N with tert-alkyl or cyclic N) is 1. The van der Waals surface area contributed by atoms with Crippen molar-refractivity contribution in [2.45, 2.75) is 18.8 Å². The molecule has 28 heavy (non-hydrogen) atoms. The maximum atomic E-state index is 12.5. The molecule has 1 unspecified atom stereocenters. The van der Waals surface area contributed by atoms with Crippen molar-refractivity contribution in [3.63, 3.8) is 0 Å². The molecule has 0 radical (unpaired) electrons. The van der Waals surface area contributed by atoms with Gasteiger partial charge in [-0.05, 0) is 12.1 Å². The van der Waals surface area contributed by atoms with Gasteiger partial charge in [-0.2, -0.15) is 13.2 Å². The summed E-state index contributed by atoms with van der Waals surface area (Å²) in [5.74, 6) is 0. The standard InChI is InChI=1S/C21H24F3N3O/c22-21(23,24)15-26-11-9-25(10-12-26)13-16(28)14-27-19-7-3-1-5-17(19)18-6-2-4-8-20(18)27/h1-8,16,28H,9-15H2. The number of benzene rings is 2. The molecule has 150 valence electrons. The fraction of sp³-hybridized carbons (Fsp3) is 0.429. The van der Waals surface area contributed by atoms with Crippen LogP contribution in [-0.2, 0) is 6.54 Å². The maximum Gasteiger partial charge on any atom is 0.401 e. The van der Waals surface area contributed by atoms with Gasteiger partial charge in [-0.25, -0.2) is 0 Å². The third-order valence-electron chi connectivity index (χ3n) is 5.41. The first kappa shape index (κ1) is 19.2. The van der Waals surface area contributed by atoms with Crippen LogP contribution in [0.1, 0.15) is 0 Å². The second-order valence-corrected chi connectivity index (χ2v) is 7.49. The van der Waals surface area contributed by atoms with Crippen LogP contribution in [0.2, 0.25) is 0 Å². The van der Waals surface area contributed by atoms with Gasteiger partial charge in [-0.3, -0.25) is 9.80 Å². The van der Waals surface area contributed by atoms with Crippen LogP contribution in [0, 0.1) is 0 Å². The molecule has 0 spiro atoms. The van der Waals surface area contributed by atoms with Gasteiger partial charge in [-0.1, -0.05) is 36.4 Å². The highest BCUT2D eigenvalue weighted by molar-refractivity contribution is 6.07. The van der Waals surface area contributed by atoms with E-state index in [4.69, 9.17) is 0 Å². The lowest BCUT2D eigenvalue weighted by Crippen LogP contribution is -2.51. The zero-order valence-corrected chi connectivity index (χ0v) is 15.6. The van der Waals surface area contributed by atoms with Crippen molar-refractivity contribution in [2.75, 3.05) is 39.3 Å². The van der Waals surface area contributed by atoms with Crippen molar-refractivity contribution in [3.05, 3.63) is 48.5 Å². The summed E-state index contributed by atoms with van der Waals surface area (Å²) in [6.07, 6.45) is -4.74. The van der Waals surface area contributed by atoms with Crippen molar-refractivity contribution in [2.24, 2.45) is 0 Å². The first-order valence-corrected chi connectivity index (χ1v) is 9.56. The van der Waals surface area contributed by atoms with E-state index in [-0.39, 0.29) is 0 Å². The minimum absolute atomic E-state index is 0.377. The molecule has 1 N–H and O–H groups in total. The summed E-state index contributed by atoms with van der Waals surface area (Å²) >= 11 is 0. The van der Waals surface area contributed by atoms with Crippen LogP contribution in [0.15, 0.2) is 48.5 Å². The number of hydrogen-bond donors (Lipinski definition) is 1. The average molecular weight is 391 g/mol. The van der Waals surface area contributed by atoms with Crippen LogP contribution in [0.25, 0.3) is 21.8 Å². The predicted molar refractivity (Wildman–Crippen MR) is 104 cm³/mol. The van der Waals surface area contributed by atoms with Gasteiger partial charge < -0.3 is 9.67 Å². The predicted octanol–water partition coefficient (Wildman–Crippen LogP) is 3.34. The summed E-state index contributed by atoms with van der Waals surface area (Å²) in [6.45, 7) is 1.89. The summed E-state index contributed by atoms with van der Waals surface area (Å²) in [5.41, 5.74) is 2.16. The molecule has 3 aromatic rings. The topological polar surface area (TPSA) is 31.6 Å². The van der Waals surface area contributed by atoms with Gasteiger partial charge in [0.05, 0.1) is 19.2 Å². The normalized spacial score (nSPS) is 18.1. The van der Waals surface area contributed by atoms with Crippen LogP contribution >= 0.6 is 0 Å². The number of fused-ring (bicyclic) bond motifs is 3. The monoisotopic (exact) mass is 391 g/mol. The van der Waals surface area contributed by atoms with Gasteiger partial charge in [0.25, 0.3) is 0 Å². The fourth-order valence-corrected chi connectivity index (χ4v) is 4.15. The van der Waals surface area contributed by atoms with E-state index in [2.05, 4.69) is 28.8 Å². The van der Waals surface area contributed by atoms with Gasteiger partial charge in [0.15, 0.2) is 0 Å². The van der Waals surface area contributed by atoms with Gasteiger partial charge in [0.1, 0.15) is 0 Å². The highest BCUT2D eigenvalue weighted by Gasteiger charge is 2.32. The number of nitrogens with zero attached hydrogens (tertiary/aromatic N) is 3. The number of halogens is 3. The SMILES string of the molecule is OC(CN1CCN(CC(F)(F)F)CC1)Cn1c2ccccc2c2ccccc21. The van der Waals surface area contributed by atoms with Crippen LogP contribution in [0.4, 0.5) is 13.2 Å². The average Bonchev–Trinajstić information content (AvgIpc) is 2.97. The lowest BCUT2D eigenvalue weighted by atomic mass is 10.2. The van der Waals surface area contributed by atoms with Crippen LogP contribution in [0.3, 0.4) is 0 Å². The lowest BCUT2D eigenvalue weighted by Gasteiger charge is -2.35. The van der Waals surface area contributed by atoms with Crippen LogP contribution < -0.4 is 0 Å². The van der Waals surface area contributed by atoms with Crippen molar-refractivity contribution in [1.82, 2.24) is 14.4 Å². The number of para-hydroxylation sites is 2. The summed E-state index contributed by atoms with van der Waals surface area (Å²) in [6, 6.07) is 16.3. The number of aliphatic hydroxyl groups excluding tert-OH is 1. The number of alkyl halides is 3. The quantitative estimate of drug-likeness (QED) is 0.724. The van der Waals surface area contributed by atoms with E-state index in [1.54, 1.807) is 0 Å². The maximum absolute atomic E-state index is 12.5. The summed E-state index contributed by atoms with van der Waals surface area (Å²) in [5, 5.41) is 13.0. The Labute approximate surface area is 161 Å². The number of piperazine rings is 1. The number of rotatable bonds is 5. The Morgan fingerprint density at radius 3 is 1.82 bits per heavy atom. The van der Waals surface area contributed by atoms with Gasteiger partial charge in [-0.15, -0.1) is 0 Å². The minimum atomic E-state index is -4.15. The molecular weight excluding hydrogens is 367 g/mol. The highest BCUT2D eigenvalue weighted by atomic mass is 19.4. The molecule has 1 aromatic heterocycles. The Balaban J connectivity index is 1.43. The molecule has 4 nitrogen and oxygen atoms in total. The Kier molecular flexibility index (Phi) is 5.31. The van der Waals surface area contributed by atoms with E-state index < -0.39 is 18.8 Å². The van der Waals surface area contributed by atoms with Crippen LogP contribution in [0.5, 0.6) is 0 Å². The largest absolute Gasteiger partial charge is 0.401 e. The highest BCUT2D eigenvalue weighted by Crippen LogP contribution is 2.29. The third kappa shape index (κ3) is 4.16. The lowest BCUT2D eigenvalue weighted by molar-refractivity contribution is -0.149. The Hall–Kier alpha value is -2.09. The molecule has 2 aromatic carbocycles. The van der Waals surface area contributed by atoms with Crippen molar-refractivity contribution in [1.29, 1.82) is 0 Å². The van der Waals surface area contributed by atoms with E-state index in [0.717, 1.165) is 21.8 Å². The van der Waals surface area contributed by atoms with E-state index in [1.807, 2.05) is 29.2 Å². The molecule has 0 aliphatic carbocycles. The summed E-state index contributed by atoms with van der Waals surface area (Å²) in [7, 11) is 0. The molecule has 1 aliphatic rings. The molecule has 7 heteroatoms. The van der Waals surface area contributed by atoms with E-state index in [9.17, 15) is 18.3 Å². The van der Waals surface area contributed by atoms with E-state index in [1.165, 1.54) is 4.90 Å². The first-order valence-electron chi connectivity index (χ1n) is 9.56. The molecule has 4 rings (SSSR count). The number of hydrogen-bond acceptors (Lipinski definition) is 3. The van der Waals surface area contributed by atoms with E-state index >= 15 is 0 Å². The first-order chi connectivity index (χ1) is 13.4. The van der Waals surface area contributed by atoms with Crippen molar-refractivity contribution < 1.29 is 18.3 Å². The smallest absolute Gasteiger partial charge is 0.390 e. The third-order valence-corrected chi connectivity index (χ3v) is 5.41. The molecule has 1 atom stereocenters. The molecule has 0 bridgehead atoms. The second kappa shape index (κ2) is 7.73. The molecule has 1 aliphatic heterocycles. The molecule has 1 fully saturated rings. The molecule has 0 amide bonds. The summed E-state index contributed by atoms with van der Waals surface area (Å²) in [4.78, 5) is 3.47. The minimum Gasteiger partial charge on any atom is -0.390 e. The summed E-state index contributed by atoms with van der Waals surface area (Å²) < 4.78 is 39.7. The second-order valence-electron chi connectivity index (χ2n) is 7.49. The van der Waals surface area contributed by atoms with Gasteiger partial charge in [0, 0.05) is 54.5 Å². The zero-order valence-electron chi connectivity index (χ0n) is 15.6. The molecule has 0 saturated carbocycles.